The molecule has 4 rings (SSSR count). The number of nitriles is 1. The van der Waals surface area contributed by atoms with E-state index in [4.69, 9.17) is 14.7 Å². The Morgan fingerprint density at radius 3 is 2.76 bits per heavy atom. The lowest BCUT2D eigenvalue weighted by atomic mass is 10.0. The highest BCUT2D eigenvalue weighted by Gasteiger charge is 2.18. The monoisotopic (exact) mass is 524 g/mol. The van der Waals surface area contributed by atoms with Gasteiger partial charge >= 0.3 is 5.97 Å². The number of pyridine rings is 1. The van der Waals surface area contributed by atoms with Crippen molar-refractivity contribution in [3.05, 3.63) is 75.8 Å². The Labute approximate surface area is 202 Å². The van der Waals surface area contributed by atoms with Crippen LogP contribution in [-0.4, -0.2) is 39.3 Å². The maximum Gasteiger partial charge on any atom is 0.335 e. The molecule has 2 aromatic carbocycles. The van der Waals surface area contributed by atoms with Crippen LogP contribution in [0.25, 0.3) is 22.3 Å². The number of imidazole rings is 1. The largest absolute Gasteiger partial charge is 0.478 e. The molecule has 0 fully saturated rings. The summed E-state index contributed by atoms with van der Waals surface area (Å²) in [6.45, 7) is 0.808. The summed E-state index contributed by atoms with van der Waals surface area (Å²) in [5.41, 5.74) is 2.74. The molecule has 0 aliphatic rings. The molecule has 8 nitrogen and oxygen atoms in total. The average Bonchev–Trinajstić information content (AvgIpc) is 3.16. The molecule has 0 saturated carbocycles. The van der Waals surface area contributed by atoms with Crippen molar-refractivity contribution in [3.8, 4) is 23.2 Å². The first-order valence-corrected chi connectivity index (χ1v) is 10.9. The first-order valence-electron chi connectivity index (χ1n) is 10.1. The standard InChI is InChI=1S/C24H18BrFN4O4/c1-33-8-7-30-20-11-16(23(31)32)10-17(22(20)29-24(30)25)19-3-2-4-21(28-19)34-13-15-6-5-14(12-27)9-18(15)26/h2-6,9-11H,7-8,13H2,1H3,(H,31,32). The number of benzene rings is 2. The van der Waals surface area contributed by atoms with E-state index in [0.717, 1.165) is 6.07 Å². The number of fused-ring (bicyclic) bond motifs is 1. The lowest BCUT2D eigenvalue weighted by Crippen LogP contribution is -2.05. The van der Waals surface area contributed by atoms with Gasteiger partial charge in [-0.05, 0) is 46.3 Å². The minimum absolute atomic E-state index is 0.0846. The fourth-order valence-corrected chi connectivity index (χ4v) is 3.98. The molecule has 2 heterocycles. The van der Waals surface area contributed by atoms with Crippen molar-refractivity contribution in [2.75, 3.05) is 13.7 Å². The van der Waals surface area contributed by atoms with E-state index in [0.29, 0.717) is 40.2 Å². The molecular formula is C24H18BrFN4O4. The maximum atomic E-state index is 14.2. The molecule has 34 heavy (non-hydrogen) atoms. The van der Waals surface area contributed by atoms with Crippen LogP contribution < -0.4 is 4.74 Å². The van der Waals surface area contributed by atoms with Crippen LogP contribution in [0.15, 0.2) is 53.3 Å². The van der Waals surface area contributed by atoms with E-state index < -0.39 is 11.8 Å². The number of aromatic nitrogens is 3. The van der Waals surface area contributed by atoms with E-state index in [9.17, 15) is 14.3 Å². The van der Waals surface area contributed by atoms with Crippen molar-refractivity contribution < 1.29 is 23.8 Å². The summed E-state index contributed by atoms with van der Waals surface area (Å²) in [6.07, 6.45) is 0. The number of carboxylic acids is 1. The summed E-state index contributed by atoms with van der Waals surface area (Å²) < 4.78 is 27.4. The normalized spacial score (nSPS) is 10.9. The van der Waals surface area contributed by atoms with Gasteiger partial charge in [-0.1, -0.05) is 12.1 Å². The summed E-state index contributed by atoms with van der Waals surface area (Å²) in [4.78, 5) is 20.9. The molecule has 0 spiro atoms. The second kappa shape index (κ2) is 9.99. The molecule has 2 aromatic heterocycles. The number of carboxylic acid groups (broad SMARTS) is 1. The van der Waals surface area contributed by atoms with Gasteiger partial charge < -0.3 is 19.1 Å². The van der Waals surface area contributed by atoms with Crippen molar-refractivity contribution in [1.82, 2.24) is 14.5 Å². The predicted molar refractivity (Wildman–Crippen MR) is 125 cm³/mol. The molecular weight excluding hydrogens is 507 g/mol. The molecule has 0 bridgehead atoms. The van der Waals surface area contributed by atoms with Crippen LogP contribution in [0.4, 0.5) is 4.39 Å². The molecule has 172 valence electrons. The lowest BCUT2D eigenvalue weighted by Gasteiger charge is -2.10. The van der Waals surface area contributed by atoms with Gasteiger partial charge in [-0.15, -0.1) is 0 Å². The van der Waals surface area contributed by atoms with Gasteiger partial charge in [0.15, 0.2) is 4.73 Å². The Kier molecular flexibility index (Phi) is 6.86. The van der Waals surface area contributed by atoms with E-state index in [1.165, 1.54) is 18.2 Å². The highest BCUT2D eigenvalue weighted by molar-refractivity contribution is 9.10. The summed E-state index contributed by atoms with van der Waals surface area (Å²) in [6, 6.07) is 14.2. The second-order valence-corrected chi connectivity index (χ2v) is 8.00. The fraction of sp³-hybridized carbons (Fsp3) is 0.167. The molecule has 0 amide bonds. The number of ether oxygens (including phenoxy) is 2. The van der Waals surface area contributed by atoms with Crippen LogP contribution in [-0.2, 0) is 17.9 Å². The molecule has 4 aromatic rings. The fourth-order valence-electron chi connectivity index (χ4n) is 3.44. The number of methoxy groups -OCH3 is 1. The maximum absolute atomic E-state index is 14.2. The van der Waals surface area contributed by atoms with Gasteiger partial charge in [0.1, 0.15) is 12.4 Å². The smallest absolute Gasteiger partial charge is 0.335 e. The van der Waals surface area contributed by atoms with Crippen LogP contribution in [0, 0.1) is 17.1 Å². The highest BCUT2D eigenvalue weighted by Crippen LogP contribution is 2.32. The lowest BCUT2D eigenvalue weighted by molar-refractivity contribution is 0.0697. The van der Waals surface area contributed by atoms with Crippen molar-refractivity contribution in [2.24, 2.45) is 0 Å². The van der Waals surface area contributed by atoms with E-state index in [1.54, 1.807) is 31.4 Å². The van der Waals surface area contributed by atoms with Gasteiger partial charge in [-0.3, -0.25) is 0 Å². The van der Waals surface area contributed by atoms with Crippen LogP contribution in [0.1, 0.15) is 21.5 Å². The summed E-state index contributed by atoms with van der Waals surface area (Å²) in [5.74, 6) is -1.40. The quantitative estimate of drug-likeness (QED) is 0.352. The number of hydrogen-bond acceptors (Lipinski definition) is 6. The van der Waals surface area contributed by atoms with Gasteiger partial charge in [0, 0.05) is 30.8 Å². The van der Waals surface area contributed by atoms with Crippen molar-refractivity contribution >= 4 is 32.9 Å². The topological polar surface area (TPSA) is 110 Å². The number of aromatic carboxylic acids is 1. The first kappa shape index (κ1) is 23.4. The average molecular weight is 525 g/mol. The first-order chi connectivity index (χ1) is 16.4. The minimum atomic E-state index is -1.08. The van der Waals surface area contributed by atoms with Crippen LogP contribution in [0.5, 0.6) is 5.88 Å². The highest BCUT2D eigenvalue weighted by atomic mass is 79.9. The third-order valence-corrected chi connectivity index (χ3v) is 5.74. The number of rotatable bonds is 8. The minimum Gasteiger partial charge on any atom is -0.478 e. The number of halogens is 2. The predicted octanol–water partition coefficient (Wildman–Crippen LogP) is 4.80. The van der Waals surface area contributed by atoms with Crippen LogP contribution >= 0.6 is 15.9 Å². The third kappa shape index (κ3) is 4.76. The number of carbonyl (C=O) groups is 1. The van der Waals surface area contributed by atoms with Gasteiger partial charge in [-0.2, -0.15) is 5.26 Å². The summed E-state index contributed by atoms with van der Waals surface area (Å²) in [5, 5.41) is 18.5. The number of hydrogen-bond donors (Lipinski definition) is 1. The Hall–Kier alpha value is -3.81. The van der Waals surface area contributed by atoms with Gasteiger partial charge in [0.2, 0.25) is 5.88 Å². The Bertz CT molecular complexity index is 1430. The summed E-state index contributed by atoms with van der Waals surface area (Å²) >= 11 is 3.44. The molecule has 0 aliphatic heterocycles. The van der Waals surface area contributed by atoms with Crippen LogP contribution in [0.3, 0.4) is 0 Å². The number of nitrogens with zero attached hydrogens (tertiary/aromatic N) is 4. The molecule has 10 heteroatoms. The molecule has 0 unspecified atom stereocenters. The zero-order chi connectivity index (χ0) is 24.2. The van der Waals surface area contributed by atoms with Crippen LogP contribution in [0.2, 0.25) is 0 Å². The van der Waals surface area contributed by atoms with E-state index in [1.807, 2.05) is 10.6 Å². The zero-order valence-corrected chi connectivity index (χ0v) is 19.5. The van der Waals surface area contributed by atoms with Gasteiger partial charge in [0.05, 0.1) is 40.5 Å². The Balaban J connectivity index is 1.71. The Morgan fingerprint density at radius 2 is 2.06 bits per heavy atom. The SMILES string of the molecule is COCCn1c(Br)nc2c(-c3cccc(OCc4ccc(C#N)cc4F)n3)cc(C(=O)O)cc21. The van der Waals surface area contributed by atoms with Crippen molar-refractivity contribution in [2.45, 2.75) is 13.2 Å². The molecule has 0 saturated heterocycles. The van der Waals surface area contributed by atoms with Crippen molar-refractivity contribution in [3.63, 3.8) is 0 Å². The van der Waals surface area contributed by atoms with E-state index >= 15 is 0 Å². The Morgan fingerprint density at radius 1 is 1.24 bits per heavy atom. The van der Waals surface area contributed by atoms with Gasteiger partial charge in [-0.25, -0.2) is 19.2 Å². The van der Waals surface area contributed by atoms with E-state index in [-0.39, 0.29) is 29.2 Å². The molecule has 0 radical (unpaired) electrons. The second-order valence-electron chi connectivity index (χ2n) is 7.29. The third-order valence-electron chi connectivity index (χ3n) is 5.13. The zero-order valence-electron chi connectivity index (χ0n) is 18.0. The molecule has 0 atom stereocenters. The van der Waals surface area contributed by atoms with Crippen molar-refractivity contribution in [1.29, 1.82) is 5.26 Å². The molecule has 0 aliphatic carbocycles. The summed E-state index contributed by atoms with van der Waals surface area (Å²) in [7, 11) is 1.58. The van der Waals surface area contributed by atoms with Gasteiger partial charge in [0.25, 0.3) is 0 Å². The van der Waals surface area contributed by atoms with E-state index in [2.05, 4.69) is 25.9 Å². The molecule has 1 N–H and O–H groups in total.